The second kappa shape index (κ2) is 10.7. The van der Waals surface area contributed by atoms with Gasteiger partial charge in [0.05, 0.1) is 18.3 Å². The minimum atomic E-state index is -4.46. The summed E-state index contributed by atoms with van der Waals surface area (Å²) in [5.41, 5.74) is 1.11. The minimum Gasteiger partial charge on any atom is -0.352 e. The number of nitrogens with one attached hydrogen (secondary N) is 1. The maximum atomic E-state index is 13.3. The molecule has 184 valence electrons. The van der Waals surface area contributed by atoms with Crippen LogP contribution in [0.15, 0.2) is 66.5 Å². The van der Waals surface area contributed by atoms with Gasteiger partial charge in [-0.3, -0.25) is 9.59 Å². The summed E-state index contributed by atoms with van der Waals surface area (Å²) in [6, 6.07) is 9.81. The molecular weight excluding hydrogens is 459 g/mol. The number of aromatic nitrogens is 2. The van der Waals surface area contributed by atoms with Gasteiger partial charge in [0.25, 0.3) is 11.8 Å². The lowest BCUT2D eigenvalue weighted by atomic mass is 9.89. The summed E-state index contributed by atoms with van der Waals surface area (Å²) in [5, 5.41) is 2.82. The van der Waals surface area contributed by atoms with Crippen LogP contribution < -0.4 is 10.2 Å². The Balaban J connectivity index is 1.28. The Morgan fingerprint density at radius 3 is 2.43 bits per heavy atom. The molecule has 0 saturated carbocycles. The second-order valence-electron chi connectivity index (χ2n) is 8.41. The van der Waals surface area contributed by atoms with Gasteiger partial charge in [-0.05, 0) is 18.4 Å². The van der Waals surface area contributed by atoms with Gasteiger partial charge in [-0.1, -0.05) is 48.6 Å². The third-order valence-electron chi connectivity index (χ3n) is 6.10. The molecule has 2 heterocycles. The van der Waals surface area contributed by atoms with E-state index in [0.29, 0.717) is 31.9 Å². The van der Waals surface area contributed by atoms with E-state index in [-0.39, 0.29) is 36.7 Å². The molecule has 1 atom stereocenters. The zero-order valence-corrected chi connectivity index (χ0v) is 19.0. The van der Waals surface area contributed by atoms with E-state index >= 15 is 0 Å². The molecule has 2 aromatic rings. The van der Waals surface area contributed by atoms with Crippen LogP contribution in [0.5, 0.6) is 0 Å². The average Bonchev–Trinajstić information content (AvgIpc) is 2.88. The fraction of sp³-hybridized carbons (Fsp3) is 0.360. The highest BCUT2D eigenvalue weighted by molar-refractivity contribution is 5.95. The molecule has 1 aliphatic carbocycles. The number of halogens is 3. The van der Waals surface area contributed by atoms with Crippen molar-refractivity contribution in [3.05, 3.63) is 77.8 Å². The van der Waals surface area contributed by atoms with Crippen molar-refractivity contribution in [2.24, 2.45) is 5.92 Å². The van der Waals surface area contributed by atoms with Gasteiger partial charge in [-0.2, -0.15) is 13.2 Å². The summed E-state index contributed by atoms with van der Waals surface area (Å²) in [7, 11) is 0. The van der Waals surface area contributed by atoms with Crippen LogP contribution in [0.4, 0.5) is 19.0 Å². The molecule has 4 rings (SSSR count). The van der Waals surface area contributed by atoms with E-state index in [0.717, 1.165) is 5.56 Å². The van der Waals surface area contributed by atoms with Crippen molar-refractivity contribution in [1.82, 2.24) is 20.2 Å². The topological polar surface area (TPSA) is 78.4 Å². The molecule has 7 nitrogen and oxygen atoms in total. The molecule has 1 N–H and O–H groups in total. The second-order valence-corrected chi connectivity index (χ2v) is 8.41. The van der Waals surface area contributed by atoms with Crippen LogP contribution >= 0.6 is 0 Å². The molecule has 2 aliphatic rings. The number of rotatable bonds is 6. The van der Waals surface area contributed by atoms with E-state index < -0.39 is 18.0 Å². The van der Waals surface area contributed by atoms with Gasteiger partial charge in [0.1, 0.15) is 11.5 Å². The Morgan fingerprint density at radius 1 is 1.03 bits per heavy atom. The van der Waals surface area contributed by atoms with Gasteiger partial charge in [0, 0.05) is 38.3 Å². The molecule has 10 heteroatoms. The highest BCUT2D eigenvalue weighted by Crippen LogP contribution is 2.37. The maximum Gasteiger partial charge on any atom is 0.396 e. The number of carbonyl (C=O) groups excluding carboxylic acids is 2. The number of nitrogens with zero attached hydrogens (tertiary/aromatic N) is 4. The smallest absolute Gasteiger partial charge is 0.352 e. The normalized spacial score (nSPS) is 18.3. The third-order valence-corrected chi connectivity index (χ3v) is 6.10. The molecule has 0 spiro atoms. The summed E-state index contributed by atoms with van der Waals surface area (Å²) in [6.07, 6.45) is 3.13. The Morgan fingerprint density at radius 2 is 1.77 bits per heavy atom. The molecule has 1 fully saturated rings. The van der Waals surface area contributed by atoms with E-state index in [1.165, 1.54) is 35.5 Å². The standard InChI is InChI=1S/C25H26F3N5O2/c26-25(27,28)20-9-5-4-8-19(20)24(35)33-14-12-32(13-15-33)22-17-30-21(16-31-22)23(34)29-11-10-18-6-2-1-3-7-18/h1-8,16-17,20H,9-15H2,(H,29,34). The van der Waals surface area contributed by atoms with Gasteiger partial charge in [0.15, 0.2) is 0 Å². The number of piperazine rings is 1. The largest absolute Gasteiger partial charge is 0.396 e. The number of benzene rings is 1. The van der Waals surface area contributed by atoms with Crippen LogP contribution in [0, 0.1) is 5.92 Å². The number of anilines is 1. The number of hydrogen-bond donors (Lipinski definition) is 1. The molecule has 1 aromatic heterocycles. The van der Waals surface area contributed by atoms with E-state index in [4.69, 9.17) is 0 Å². The fourth-order valence-corrected chi connectivity index (χ4v) is 4.14. The molecule has 0 radical (unpaired) electrons. The Hall–Kier alpha value is -3.69. The Kier molecular flexibility index (Phi) is 7.48. The fourth-order valence-electron chi connectivity index (χ4n) is 4.14. The summed E-state index contributed by atoms with van der Waals surface area (Å²) in [5.74, 6) is -2.12. The molecule has 2 amide bonds. The predicted octanol–water partition coefficient (Wildman–Crippen LogP) is 3.16. The zero-order valence-electron chi connectivity index (χ0n) is 19.0. The summed E-state index contributed by atoms with van der Waals surface area (Å²) in [4.78, 5) is 37.0. The van der Waals surface area contributed by atoms with Crippen molar-refractivity contribution in [2.45, 2.75) is 19.0 Å². The highest BCUT2D eigenvalue weighted by Gasteiger charge is 2.45. The van der Waals surface area contributed by atoms with Gasteiger partial charge in [-0.15, -0.1) is 0 Å². The van der Waals surface area contributed by atoms with Crippen LogP contribution in [0.2, 0.25) is 0 Å². The van der Waals surface area contributed by atoms with Gasteiger partial charge in [0.2, 0.25) is 0 Å². The number of amides is 2. The molecule has 1 aromatic carbocycles. The van der Waals surface area contributed by atoms with E-state index in [1.807, 2.05) is 35.2 Å². The Bertz CT molecular complexity index is 1090. The summed E-state index contributed by atoms with van der Waals surface area (Å²) >= 11 is 0. The van der Waals surface area contributed by atoms with Crippen LogP contribution in [-0.2, 0) is 11.2 Å². The van der Waals surface area contributed by atoms with E-state index in [9.17, 15) is 22.8 Å². The number of hydrogen-bond acceptors (Lipinski definition) is 5. The van der Waals surface area contributed by atoms with Gasteiger partial charge < -0.3 is 15.1 Å². The first-order chi connectivity index (χ1) is 16.8. The Labute approximate surface area is 201 Å². The van der Waals surface area contributed by atoms with Gasteiger partial charge in [-0.25, -0.2) is 9.97 Å². The molecule has 1 unspecified atom stereocenters. The first-order valence-corrected chi connectivity index (χ1v) is 11.4. The molecule has 0 bridgehead atoms. The zero-order chi connectivity index (χ0) is 24.8. The van der Waals surface area contributed by atoms with Gasteiger partial charge >= 0.3 is 6.18 Å². The van der Waals surface area contributed by atoms with Crippen molar-refractivity contribution in [3.8, 4) is 0 Å². The molecular formula is C25H26F3N5O2. The van der Waals surface area contributed by atoms with Crippen molar-refractivity contribution in [2.75, 3.05) is 37.6 Å². The number of carbonyl (C=O) groups is 2. The first-order valence-electron chi connectivity index (χ1n) is 11.4. The van der Waals surface area contributed by atoms with Crippen LogP contribution in [0.25, 0.3) is 0 Å². The highest BCUT2D eigenvalue weighted by atomic mass is 19.4. The maximum absolute atomic E-state index is 13.3. The molecule has 35 heavy (non-hydrogen) atoms. The van der Waals surface area contributed by atoms with Crippen LogP contribution in [-0.4, -0.2) is 65.6 Å². The third kappa shape index (κ3) is 6.06. The summed E-state index contributed by atoms with van der Waals surface area (Å²) < 4.78 is 40.0. The van der Waals surface area contributed by atoms with Crippen LogP contribution in [0.1, 0.15) is 22.5 Å². The lowest BCUT2D eigenvalue weighted by Gasteiger charge is -2.37. The quantitative estimate of drug-likeness (QED) is 0.680. The predicted molar refractivity (Wildman–Crippen MR) is 125 cm³/mol. The van der Waals surface area contributed by atoms with E-state index in [2.05, 4.69) is 15.3 Å². The first kappa shape index (κ1) is 24.4. The van der Waals surface area contributed by atoms with Crippen molar-refractivity contribution < 1.29 is 22.8 Å². The SMILES string of the molecule is O=C(NCCc1ccccc1)c1cnc(N2CCN(C(=O)C3=CC=CCC3C(F)(F)F)CC2)cn1. The van der Waals surface area contributed by atoms with Crippen molar-refractivity contribution in [1.29, 1.82) is 0 Å². The minimum absolute atomic E-state index is 0.200. The lowest BCUT2D eigenvalue weighted by molar-refractivity contribution is -0.167. The monoisotopic (exact) mass is 485 g/mol. The number of alkyl halides is 3. The molecule has 1 aliphatic heterocycles. The lowest BCUT2D eigenvalue weighted by Crippen LogP contribution is -2.50. The average molecular weight is 486 g/mol. The van der Waals surface area contributed by atoms with Crippen molar-refractivity contribution in [3.63, 3.8) is 0 Å². The van der Waals surface area contributed by atoms with Crippen molar-refractivity contribution >= 4 is 17.6 Å². The summed E-state index contributed by atoms with van der Waals surface area (Å²) in [6.45, 7) is 1.83. The molecule has 1 saturated heterocycles. The van der Waals surface area contributed by atoms with E-state index in [1.54, 1.807) is 0 Å². The van der Waals surface area contributed by atoms with Crippen LogP contribution in [0.3, 0.4) is 0 Å². The number of allylic oxidation sites excluding steroid dienone is 3.